The van der Waals surface area contributed by atoms with Crippen molar-refractivity contribution in [1.29, 1.82) is 0 Å². The first kappa shape index (κ1) is 14.2. The van der Waals surface area contributed by atoms with Crippen molar-refractivity contribution in [3.05, 3.63) is 24.3 Å². The van der Waals surface area contributed by atoms with Crippen LogP contribution >= 0.6 is 0 Å². The second-order valence-electron chi connectivity index (χ2n) is 3.35. The van der Waals surface area contributed by atoms with E-state index >= 15 is 0 Å². The van der Waals surface area contributed by atoms with Crippen molar-refractivity contribution < 1.29 is 22.6 Å². The molecule has 1 aromatic rings. The zero-order valence-electron chi connectivity index (χ0n) is 10.5. The van der Waals surface area contributed by atoms with Crippen LogP contribution in [-0.2, 0) is 17.1 Å². The summed E-state index contributed by atoms with van der Waals surface area (Å²) in [5, 5.41) is 0. The maximum absolute atomic E-state index is 11.2. The van der Waals surface area contributed by atoms with Gasteiger partial charge in [-0.1, -0.05) is 6.08 Å². The van der Waals surface area contributed by atoms with Crippen molar-refractivity contribution >= 4 is 10.7 Å². The highest BCUT2D eigenvalue weighted by Gasteiger charge is 2.21. The molecule has 0 N–H and O–H groups in total. The molecular formula is C12H15O5S. The maximum atomic E-state index is 11.2. The Kier molecular flexibility index (Phi) is 4.91. The van der Waals surface area contributed by atoms with Gasteiger partial charge in [-0.2, -0.15) is 8.42 Å². The van der Waals surface area contributed by atoms with E-state index in [2.05, 4.69) is 6.58 Å². The van der Waals surface area contributed by atoms with Gasteiger partial charge in [0.15, 0.2) is 11.5 Å². The summed E-state index contributed by atoms with van der Waals surface area (Å²) in [7, 11) is 1.95. The number of hydrogen-bond donors (Lipinski definition) is 0. The van der Waals surface area contributed by atoms with Crippen LogP contribution in [0.1, 0.15) is 5.56 Å². The summed E-state index contributed by atoms with van der Waals surface area (Å²) in [5.41, 5.74) is 0.499. The highest BCUT2D eigenvalue weighted by atomic mass is 32.2. The van der Waals surface area contributed by atoms with Gasteiger partial charge in [0.2, 0.25) is 16.5 Å². The Hall–Kier alpha value is -1.82. The number of benzene rings is 1. The second kappa shape index (κ2) is 6.20. The van der Waals surface area contributed by atoms with Crippen LogP contribution in [0.4, 0.5) is 0 Å². The average molecular weight is 271 g/mol. The molecule has 5 nitrogen and oxygen atoms in total. The smallest absolute Gasteiger partial charge is 0.222 e. The van der Waals surface area contributed by atoms with Crippen LogP contribution in [0, 0.1) is 0 Å². The molecule has 18 heavy (non-hydrogen) atoms. The molecule has 0 unspecified atom stereocenters. The van der Waals surface area contributed by atoms with E-state index in [-0.39, 0.29) is 4.90 Å². The van der Waals surface area contributed by atoms with E-state index in [0.29, 0.717) is 29.2 Å². The first-order valence-corrected chi connectivity index (χ1v) is 6.20. The number of allylic oxidation sites excluding steroid dienone is 1. The van der Waals surface area contributed by atoms with E-state index in [1.807, 2.05) is 0 Å². The average Bonchev–Trinajstić information content (AvgIpc) is 2.37. The van der Waals surface area contributed by atoms with E-state index < -0.39 is 10.7 Å². The van der Waals surface area contributed by atoms with Gasteiger partial charge in [0.25, 0.3) is 0 Å². The fraction of sp³-hybridized carbons (Fsp3) is 0.333. The van der Waals surface area contributed by atoms with Crippen molar-refractivity contribution in [2.24, 2.45) is 0 Å². The van der Waals surface area contributed by atoms with Gasteiger partial charge in [-0.15, -0.1) is 6.58 Å². The van der Waals surface area contributed by atoms with Gasteiger partial charge >= 0.3 is 0 Å². The zero-order chi connectivity index (χ0) is 13.7. The summed E-state index contributed by atoms with van der Waals surface area (Å²) in [6.45, 7) is 3.60. The van der Waals surface area contributed by atoms with Crippen LogP contribution in [0.15, 0.2) is 23.6 Å². The van der Waals surface area contributed by atoms with E-state index in [1.54, 1.807) is 6.08 Å². The predicted octanol–water partition coefficient (Wildman–Crippen LogP) is 1.68. The molecule has 1 aromatic carbocycles. The molecule has 6 heteroatoms. The summed E-state index contributed by atoms with van der Waals surface area (Å²) in [6.07, 6.45) is 1.95. The summed E-state index contributed by atoms with van der Waals surface area (Å²) < 4.78 is 38.0. The Morgan fingerprint density at radius 2 is 1.78 bits per heavy atom. The molecule has 0 bridgehead atoms. The molecule has 0 fully saturated rings. The minimum Gasteiger partial charge on any atom is -0.493 e. The molecular weight excluding hydrogens is 256 g/mol. The molecule has 1 radical (unpaired) electrons. The number of rotatable bonds is 6. The lowest BCUT2D eigenvalue weighted by molar-refractivity contribution is 0.320. The topological polar surface area (TPSA) is 61.8 Å². The van der Waals surface area contributed by atoms with Gasteiger partial charge in [0.05, 0.1) is 21.3 Å². The number of hydrogen-bond acceptors (Lipinski definition) is 5. The molecule has 0 aliphatic rings. The van der Waals surface area contributed by atoms with Crippen molar-refractivity contribution in [2.75, 3.05) is 21.3 Å². The van der Waals surface area contributed by atoms with Crippen molar-refractivity contribution in [1.82, 2.24) is 0 Å². The monoisotopic (exact) mass is 271 g/mol. The fourth-order valence-electron chi connectivity index (χ4n) is 1.68. The highest BCUT2D eigenvalue weighted by Crippen LogP contribution is 2.42. The van der Waals surface area contributed by atoms with Crippen LogP contribution in [0.2, 0.25) is 0 Å². The Morgan fingerprint density at radius 3 is 2.17 bits per heavy atom. The molecule has 0 amide bonds. The molecule has 0 spiro atoms. The lowest BCUT2D eigenvalue weighted by Gasteiger charge is -2.16. The quantitative estimate of drug-likeness (QED) is 0.737. The van der Waals surface area contributed by atoms with Gasteiger partial charge in [0, 0.05) is 11.6 Å². The van der Waals surface area contributed by atoms with E-state index in [1.165, 1.54) is 27.4 Å². The first-order valence-electron chi connectivity index (χ1n) is 5.12. The largest absolute Gasteiger partial charge is 0.493 e. The highest BCUT2D eigenvalue weighted by molar-refractivity contribution is 7.72. The lowest BCUT2D eigenvalue weighted by atomic mass is 10.1. The third-order valence-electron chi connectivity index (χ3n) is 2.42. The van der Waals surface area contributed by atoms with Gasteiger partial charge in [0.1, 0.15) is 4.90 Å². The molecule has 0 atom stereocenters. The summed E-state index contributed by atoms with van der Waals surface area (Å²) in [5.74, 6) is 1.02. The van der Waals surface area contributed by atoms with Gasteiger partial charge in [-0.25, -0.2) is 0 Å². The van der Waals surface area contributed by atoms with Gasteiger partial charge in [-0.05, 0) is 6.42 Å². The Labute approximate surface area is 108 Å². The minimum absolute atomic E-state index is 0.115. The van der Waals surface area contributed by atoms with E-state index in [4.69, 9.17) is 14.2 Å². The van der Waals surface area contributed by atoms with Gasteiger partial charge in [-0.3, -0.25) is 0 Å². The molecule has 0 saturated carbocycles. The van der Waals surface area contributed by atoms with Crippen molar-refractivity contribution in [2.45, 2.75) is 11.3 Å². The number of methoxy groups -OCH3 is 3. The minimum atomic E-state index is -2.39. The van der Waals surface area contributed by atoms with Crippen molar-refractivity contribution in [3.8, 4) is 17.2 Å². The SMILES string of the molecule is C=CCc1c([S](=O)=O)cc(OC)c(OC)c1OC. The predicted molar refractivity (Wildman–Crippen MR) is 67.2 cm³/mol. The molecule has 99 valence electrons. The Balaban J connectivity index is 3.67. The Morgan fingerprint density at radius 1 is 1.17 bits per heavy atom. The van der Waals surface area contributed by atoms with Crippen molar-refractivity contribution in [3.63, 3.8) is 0 Å². The summed E-state index contributed by atoms with van der Waals surface area (Å²) in [4.78, 5) is 0.115. The van der Waals surface area contributed by atoms with E-state index in [0.717, 1.165) is 0 Å². The number of ether oxygens (including phenoxy) is 3. The molecule has 0 aliphatic carbocycles. The fourth-order valence-corrected chi connectivity index (χ4v) is 2.26. The lowest BCUT2D eigenvalue weighted by Crippen LogP contribution is -2.02. The molecule has 0 heterocycles. The normalized spacial score (nSPS) is 9.72. The van der Waals surface area contributed by atoms with E-state index in [9.17, 15) is 8.42 Å². The third-order valence-corrected chi connectivity index (χ3v) is 3.14. The maximum Gasteiger partial charge on any atom is 0.222 e. The summed E-state index contributed by atoms with van der Waals surface area (Å²) in [6, 6.07) is 1.41. The van der Waals surface area contributed by atoms with Crippen LogP contribution in [0.25, 0.3) is 0 Å². The van der Waals surface area contributed by atoms with Crippen LogP contribution in [0.5, 0.6) is 17.2 Å². The zero-order valence-corrected chi connectivity index (χ0v) is 11.3. The van der Waals surface area contributed by atoms with Crippen LogP contribution < -0.4 is 14.2 Å². The van der Waals surface area contributed by atoms with Crippen LogP contribution in [0.3, 0.4) is 0 Å². The molecule has 0 aliphatic heterocycles. The first-order chi connectivity index (χ1) is 8.60. The molecule has 0 saturated heterocycles. The Bertz CT molecular complexity index is 512. The second-order valence-corrected chi connectivity index (χ2v) is 4.26. The van der Waals surface area contributed by atoms with Gasteiger partial charge < -0.3 is 14.2 Å². The molecule has 0 aromatic heterocycles. The third kappa shape index (κ3) is 2.53. The molecule has 1 rings (SSSR count). The standard InChI is InChI=1S/C12H15O5S/c1-5-6-8-10(18(13)14)7-9(15-2)12(17-4)11(8)16-3/h5,7H,1,6H2,2-4H3. The summed E-state index contributed by atoms with van der Waals surface area (Å²) >= 11 is 0. The van der Waals surface area contributed by atoms with Crippen LogP contribution in [-0.4, -0.2) is 29.7 Å².